The topological polar surface area (TPSA) is 28.2 Å². The van der Waals surface area contributed by atoms with E-state index in [1.54, 1.807) is 0 Å². The summed E-state index contributed by atoms with van der Waals surface area (Å²) in [4.78, 5) is 8.69. The molecule has 1 aromatic rings. The Morgan fingerprint density at radius 2 is 1.80 bits per heavy atom. The summed E-state index contributed by atoms with van der Waals surface area (Å²) in [5.74, 6) is 1.24. The van der Waals surface area contributed by atoms with Crippen LogP contribution in [0.5, 0.6) is 0 Å². The molecule has 116 valence electrons. The molecule has 20 heavy (non-hydrogen) atoms. The van der Waals surface area contributed by atoms with Gasteiger partial charge in [0.2, 0.25) is 0 Å². The standard InChI is InChI=1S/C16H31N3S/c1-7-13(6)15-14(11-17-10-12(4)5)20-16(18-15)19(8-2)9-3/h12-13,17H,7-11H2,1-6H3. The molecular weight excluding hydrogens is 266 g/mol. The van der Waals surface area contributed by atoms with Gasteiger partial charge in [0.05, 0.1) is 5.69 Å². The maximum Gasteiger partial charge on any atom is 0.185 e. The van der Waals surface area contributed by atoms with Gasteiger partial charge in [-0.2, -0.15) is 0 Å². The first-order valence-corrected chi connectivity index (χ1v) is 8.80. The second kappa shape index (κ2) is 8.63. The molecule has 0 aromatic carbocycles. The summed E-state index contributed by atoms with van der Waals surface area (Å²) in [5.41, 5.74) is 1.30. The van der Waals surface area contributed by atoms with Gasteiger partial charge in [-0.05, 0) is 38.6 Å². The molecule has 0 saturated carbocycles. The summed E-state index contributed by atoms with van der Waals surface area (Å²) >= 11 is 1.86. The average molecular weight is 298 g/mol. The number of nitrogens with one attached hydrogen (secondary N) is 1. The van der Waals surface area contributed by atoms with Crippen LogP contribution in [0.25, 0.3) is 0 Å². The maximum atomic E-state index is 4.93. The van der Waals surface area contributed by atoms with Crippen LogP contribution >= 0.6 is 11.3 Å². The summed E-state index contributed by atoms with van der Waals surface area (Å²) in [7, 11) is 0. The lowest BCUT2D eigenvalue weighted by molar-refractivity contribution is 0.551. The van der Waals surface area contributed by atoms with E-state index in [0.29, 0.717) is 11.8 Å². The fourth-order valence-electron chi connectivity index (χ4n) is 2.16. The number of rotatable bonds is 9. The number of hydrogen-bond donors (Lipinski definition) is 1. The van der Waals surface area contributed by atoms with Crippen molar-refractivity contribution in [1.29, 1.82) is 0 Å². The molecule has 0 aliphatic carbocycles. The van der Waals surface area contributed by atoms with Crippen molar-refractivity contribution >= 4 is 16.5 Å². The van der Waals surface area contributed by atoms with Gasteiger partial charge in [-0.3, -0.25) is 0 Å². The van der Waals surface area contributed by atoms with E-state index in [9.17, 15) is 0 Å². The molecule has 0 aliphatic rings. The lowest BCUT2D eigenvalue weighted by atomic mass is 10.0. The minimum absolute atomic E-state index is 0.548. The van der Waals surface area contributed by atoms with E-state index in [1.807, 2.05) is 11.3 Å². The summed E-state index contributed by atoms with van der Waals surface area (Å²) in [5, 5.41) is 4.75. The quantitative estimate of drug-likeness (QED) is 0.738. The van der Waals surface area contributed by atoms with E-state index in [2.05, 4.69) is 51.8 Å². The molecule has 1 N–H and O–H groups in total. The van der Waals surface area contributed by atoms with Gasteiger partial charge in [-0.25, -0.2) is 4.98 Å². The third kappa shape index (κ3) is 4.74. The van der Waals surface area contributed by atoms with E-state index in [0.717, 1.165) is 32.6 Å². The van der Waals surface area contributed by atoms with E-state index in [4.69, 9.17) is 4.98 Å². The Labute approximate surface area is 128 Å². The fraction of sp³-hybridized carbons (Fsp3) is 0.812. The number of hydrogen-bond acceptors (Lipinski definition) is 4. The van der Waals surface area contributed by atoms with Crippen molar-refractivity contribution in [2.45, 2.75) is 60.4 Å². The molecule has 4 heteroatoms. The Hall–Kier alpha value is -0.610. The zero-order chi connectivity index (χ0) is 15.1. The third-order valence-corrected chi connectivity index (χ3v) is 4.80. The SMILES string of the molecule is CCC(C)c1nc(N(CC)CC)sc1CNCC(C)C. The second-order valence-electron chi connectivity index (χ2n) is 5.81. The minimum Gasteiger partial charge on any atom is -0.349 e. The largest absolute Gasteiger partial charge is 0.349 e. The number of thiazole rings is 1. The van der Waals surface area contributed by atoms with Crippen molar-refractivity contribution in [2.24, 2.45) is 5.92 Å². The van der Waals surface area contributed by atoms with Crippen LogP contribution in [0.2, 0.25) is 0 Å². The molecule has 0 aliphatic heterocycles. The van der Waals surface area contributed by atoms with Gasteiger partial charge in [0.15, 0.2) is 5.13 Å². The summed E-state index contributed by atoms with van der Waals surface area (Å²) in [6.45, 7) is 17.5. The van der Waals surface area contributed by atoms with Crippen LogP contribution in [0.15, 0.2) is 0 Å². The normalized spacial score (nSPS) is 12.9. The van der Waals surface area contributed by atoms with Crippen LogP contribution < -0.4 is 10.2 Å². The fourth-order valence-corrected chi connectivity index (χ4v) is 3.44. The Kier molecular flexibility index (Phi) is 7.52. The molecular formula is C16H31N3S. The smallest absolute Gasteiger partial charge is 0.185 e. The Bertz CT molecular complexity index is 383. The molecule has 1 heterocycles. The van der Waals surface area contributed by atoms with Crippen LogP contribution in [-0.4, -0.2) is 24.6 Å². The molecule has 0 spiro atoms. The van der Waals surface area contributed by atoms with Gasteiger partial charge in [-0.1, -0.05) is 27.7 Å². The molecule has 0 amide bonds. The van der Waals surface area contributed by atoms with E-state index >= 15 is 0 Å². The van der Waals surface area contributed by atoms with E-state index in [1.165, 1.54) is 15.7 Å². The van der Waals surface area contributed by atoms with Crippen molar-refractivity contribution in [3.63, 3.8) is 0 Å². The molecule has 1 unspecified atom stereocenters. The maximum absolute atomic E-state index is 4.93. The molecule has 3 nitrogen and oxygen atoms in total. The highest BCUT2D eigenvalue weighted by atomic mass is 32.1. The second-order valence-corrected chi connectivity index (χ2v) is 6.87. The molecule has 1 aromatic heterocycles. The van der Waals surface area contributed by atoms with Gasteiger partial charge in [0.25, 0.3) is 0 Å². The van der Waals surface area contributed by atoms with Crippen molar-refractivity contribution < 1.29 is 0 Å². The van der Waals surface area contributed by atoms with E-state index in [-0.39, 0.29) is 0 Å². The van der Waals surface area contributed by atoms with Crippen LogP contribution in [0.3, 0.4) is 0 Å². The molecule has 0 bridgehead atoms. The zero-order valence-electron chi connectivity index (χ0n) is 14.0. The van der Waals surface area contributed by atoms with Crippen LogP contribution in [0.4, 0.5) is 5.13 Å². The average Bonchev–Trinajstić information content (AvgIpc) is 2.83. The summed E-state index contributed by atoms with van der Waals surface area (Å²) in [6.07, 6.45) is 1.15. The zero-order valence-corrected chi connectivity index (χ0v) is 14.8. The van der Waals surface area contributed by atoms with Gasteiger partial charge >= 0.3 is 0 Å². The van der Waals surface area contributed by atoms with Crippen molar-refractivity contribution in [1.82, 2.24) is 10.3 Å². The molecule has 1 atom stereocenters. The lowest BCUT2D eigenvalue weighted by Crippen LogP contribution is -2.21. The highest BCUT2D eigenvalue weighted by Crippen LogP contribution is 2.32. The van der Waals surface area contributed by atoms with Crippen LogP contribution in [-0.2, 0) is 6.54 Å². The minimum atomic E-state index is 0.548. The molecule has 0 radical (unpaired) electrons. The van der Waals surface area contributed by atoms with Crippen LogP contribution in [0.1, 0.15) is 64.5 Å². The van der Waals surface area contributed by atoms with Crippen molar-refractivity contribution in [3.05, 3.63) is 10.6 Å². The molecule has 1 rings (SSSR count). The third-order valence-electron chi connectivity index (χ3n) is 3.67. The van der Waals surface area contributed by atoms with Gasteiger partial charge in [0, 0.05) is 24.5 Å². The first-order chi connectivity index (χ1) is 9.53. The van der Waals surface area contributed by atoms with Crippen molar-refractivity contribution in [3.8, 4) is 0 Å². The highest BCUT2D eigenvalue weighted by molar-refractivity contribution is 7.15. The first-order valence-electron chi connectivity index (χ1n) is 7.98. The Balaban J connectivity index is 2.88. The predicted octanol–water partition coefficient (Wildman–Crippen LogP) is 4.25. The number of aromatic nitrogens is 1. The number of nitrogens with zero attached hydrogens (tertiary/aromatic N) is 2. The Morgan fingerprint density at radius 3 is 2.30 bits per heavy atom. The van der Waals surface area contributed by atoms with Gasteiger partial charge in [-0.15, -0.1) is 11.3 Å². The lowest BCUT2D eigenvalue weighted by Gasteiger charge is -2.16. The highest BCUT2D eigenvalue weighted by Gasteiger charge is 2.18. The molecule has 0 fully saturated rings. The Morgan fingerprint density at radius 1 is 1.15 bits per heavy atom. The number of anilines is 1. The molecule has 0 saturated heterocycles. The van der Waals surface area contributed by atoms with Gasteiger partial charge < -0.3 is 10.2 Å². The van der Waals surface area contributed by atoms with E-state index < -0.39 is 0 Å². The monoisotopic (exact) mass is 297 g/mol. The van der Waals surface area contributed by atoms with Gasteiger partial charge in [0.1, 0.15) is 0 Å². The van der Waals surface area contributed by atoms with Crippen molar-refractivity contribution in [2.75, 3.05) is 24.5 Å². The predicted molar refractivity (Wildman–Crippen MR) is 90.9 cm³/mol. The van der Waals surface area contributed by atoms with Crippen LogP contribution in [0, 0.1) is 5.92 Å². The first kappa shape index (κ1) is 17.4. The summed E-state index contributed by atoms with van der Waals surface area (Å²) in [6, 6.07) is 0. The summed E-state index contributed by atoms with van der Waals surface area (Å²) < 4.78 is 0.